The van der Waals surface area contributed by atoms with Crippen molar-refractivity contribution in [2.45, 2.75) is 0 Å². The van der Waals surface area contributed by atoms with Gasteiger partial charge in [0.2, 0.25) is 0 Å². The molecule has 0 bridgehead atoms. The SMILES string of the molecule is CN1CCN(c2ccc(NC(=S)NC(=O)c3ccc(-c4cccc(Cl)c4)o3)cc2)CC1. The molecule has 0 unspecified atom stereocenters. The highest BCUT2D eigenvalue weighted by Gasteiger charge is 2.15. The number of nitrogens with one attached hydrogen (secondary N) is 2. The van der Waals surface area contributed by atoms with Crippen LogP contribution in [0.1, 0.15) is 10.6 Å². The topological polar surface area (TPSA) is 60.8 Å². The monoisotopic (exact) mass is 454 g/mol. The minimum absolute atomic E-state index is 0.171. The standard InChI is InChI=1S/C23H23ClN4O2S/c1-27-11-13-28(14-12-27)19-7-5-18(6-8-19)25-23(31)26-22(29)21-10-9-20(30-21)16-3-2-4-17(24)15-16/h2-10,15H,11-14H2,1H3,(H2,25,26,29,31). The van der Waals surface area contributed by atoms with E-state index in [-0.39, 0.29) is 10.9 Å². The first-order valence-corrected chi connectivity index (χ1v) is 10.8. The Morgan fingerprint density at radius 3 is 2.48 bits per heavy atom. The van der Waals surface area contributed by atoms with E-state index in [9.17, 15) is 4.79 Å². The Bertz CT molecular complexity index is 1080. The molecule has 0 radical (unpaired) electrons. The first kappa shape index (κ1) is 21.4. The summed E-state index contributed by atoms with van der Waals surface area (Å²) >= 11 is 11.3. The lowest BCUT2D eigenvalue weighted by Crippen LogP contribution is -2.44. The zero-order valence-electron chi connectivity index (χ0n) is 17.1. The molecule has 8 heteroatoms. The molecule has 0 atom stereocenters. The van der Waals surface area contributed by atoms with Crippen molar-refractivity contribution in [1.29, 1.82) is 0 Å². The molecule has 31 heavy (non-hydrogen) atoms. The van der Waals surface area contributed by atoms with Crippen LogP contribution in [0.15, 0.2) is 65.1 Å². The molecule has 1 amide bonds. The predicted octanol–water partition coefficient (Wildman–Crippen LogP) is 4.48. The summed E-state index contributed by atoms with van der Waals surface area (Å²) < 4.78 is 5.66. The van der Waals surface area contributed by atoms with E-state index in [4.69, 9.17) is 28.2 Å². The quantitative estimate of drug-likeness (QED) is 0.567. The van der Waals surface area contributed by atoms with Gasteiger partial charge in [0.05, 0.1) is 0 Å². The van der Waals surface area contributed by atoms with Crippen molar-refractivity contribution in [3.8, 4) is 11.3 Å². The summed E-state index contributed by atoms with van der Waals surface area (Å²) in [4.78, 5) is 17.2. The number of halogens is 1. The Morgan fingerprint density at radius 2 is 1.77 bits per heavy atom. The first-order valence-electron chi connectivity index (χ1n) is 9.99. The Balaban J connectivity index is 1.33. The van der Waals surface area contributed by atoms with E-state index in [0.29, 0.717) is 10.8 Å². The maximum Gasteiger partial charge on any atom is 0.293 e. The van der Waals surface area contributed by atoms with Gasteiger partial charge in [-0.2, -0.15) is 0 Å². The molecule has 1 aromatic heterocycles. The van der Waals surface area contributed by atoms with Gasteiger partial charge in [-0.3, -0.25) is 10.1 Å². The second-order valence-corrected chi connectivity index (χ2v) is 8.26. The van der Waals surface area contributed by atoms with Crippen molar-refractivity contribution in [3.05, 3.63) is 71.4 Å². The van der Waals surface area contributed by atoms with Crippen LogP contribution < -0.4 is 15.5 Å². The van der Waals surface area contributed by atoms with E-state index in [2.05, 4.69) is 39.6 Å². The van der Waals surface area contributed by atoms with Crippen LogP contribution in [0, 0.1) is 0 Å². The van der Waals surface area contributed by atoms with Crippen LogP contribution in [0.3, 0.4) is 0 Å². The lowest BCUT2D eigenvalue weighted by atomic mass is 10.2. The van der Waals surface area contributed by atoms with Crippen molar-refractivity contribution < 1.29 is 9.21 Å². The number of nitrogens with zero attached hydrogens (tertiary/aromatic N) is 2. The molecule has 3 aromatic rings. The Labute approximate surface area is 191 Å². The summed E-state index contributed by atoms with van der Waals surface area (Å²) in [5, 5.41) is 6.50. The highest BCUT2D eigenvalue weighted by Crippen LogP contribution is 2.25. The number of piperazine rings is 1. The normalized spacial score (nSPS) is 14.3. The largest absolute Gasteiger partial charge is 0.451 e. The number of amides is 1. The Morgan fingerprint density at radius 1 is 1.03 bits per heavy atom. The van der Waals surface area contributed by atoms with Crippen LogP contribution in [-0.4, -0.2) is 49.1 Å². The number of hydrogen-bond acceptors (Lipinski definition) is 5. The van der Waals surface area contributed by atoms with Crippen LogP contribution in [0.5, 0.6) is 0 Å². The van der Waals surface area contributed by atoms with Crippen LogP contribution in [0.4, 0.5) is 11.4 Å². The fraction of sp³-hybridized carbons (Fsp3) is 0.217. The van der Waals surface area contributed by atoms with E-state index < -0.39 is 5.91 Å². The Hall–Kier alpha value is -2.87. The van der Waals surface area contributed by atoms with Gasteiger partial charge >= 0.3 is 0 Å². The number of rotatable bonds is 4. The number of furan rings is 1. The highest BCUT2D eigenvalue weighted by atomic mass is 35.5. The van der Waals surface area contributed by atoms with Crippen molar-refractivity contribution in [2.75, 3.05) is 43.4 Å². The van der Waals surface area contributed by atoms with Gasteiger partial charge in [-0.1, -0.05) is 23.7 Å². The number of hydrogen-bond donors (Lipinski definition) is 2. The second kappa shape index (κ2) is 9.51. The van der Waals surface area contributed by atoms with Crippen molar-refractivity contribution in [3.63, 3.8) is 0 Å². The molecule has 1 saturated heterocycles. The second-order valence-electron chi connectivity index (χ2n) is 7.42. The number of carbonyl (C=O) groups excluding carboxylic acids is 1. The zero-order valence-corrected chi connectivity index (χ0v) is 18.7. The first-order chi connectivity index (χ1) is 15.0. The molecule has 0 spiro atoms. The fourth-order valence-electron chi connectivity index (χ4n) is 3.40. The summed E-state index contributed by atoms with van der Waals surface area (Å²) in [5.41, 5.74) is 2.78. The Kier molecular flexibility index (Phi) is 6.56. The highest BCUT2D eigenvalue weighted by molar-refractivity contribution is 7.80. The van der Waals surface area contributed by atoms with Crippen molar-refractivity contribution in [1.82, 2.24) is 10.2 Å². The molecule has 160 valence electrons. The van der Waals surface area contributed by atoms with Crippen LogP contribution >= 0.6 is 23.8 Å². The van der Waals surface area contributed by atoms with E-state index in [1.54, 1.807) is 24.3 Å². The van der Waals surface area contributed by atoms with Crippen LogP contribution in [-0.2, 0) is 0 Å². The van der Waals surface area contributed by atoms with Gasteiger partial charge in [0, 0.05) is 48.1 Å². The minimum atomic E-state index is -0.417. The van der Waals surface area contributed by atoms with Gasteiger partial charge in [-0.15, -0.1) is 0 Å². The number of carbonyl (C=O) groups is 1. The lowest BCUT2D eigenvalue weighted by Gasteiger charge is -2.34. The molecule has 0 saturated carbocycles. The number of benzene rings is 2. The molecule has 4 rings (SSSR count). The van der Waals surface area contributed by atoms with Crippen LogP contribution in [0.2, 0.25) is 5.02 Å². The molecular formula is C23H23ClN4O2S. The van der Waals surface area contributed by atoms with Gasteiger partial charge in [-0.05, 0) is 67.8 Å². The molecule has 2 N–H and O–H groups in total. The maximum absolute atomic E-state index is 12.5. The molecule has 1 aliphatic rings. The maximum atomic E-state index is 12.5. The molecule has 6 nitrogen and oxygen atoms in total. The molecule has 2 aromatic carbocycles. The van der Waals surface area contributed by atoms with Crippen molar-refractivity contribution in [2.24, 2.45) is 0 Å². The van der Waals surface area contributed by atoms with E-state index >= 15 is 0 Å². The minimum Gasteiger partial charge on any atom is -0.451 e. The van der Waals surface area contributed by atoms with Gasteiger partial charge in [0.15, 0.2) is 10.9 Å². The van der Waals surface area contributed by atoms with E-state index in [0.717, 1.165) is 37.4 Å². The van der Waals surface area contributed by atoms with Gasteiger partial charge in [0.1, 0.15) is 5.76 Å². The molecule has 0 aliphatic carbocycles. The number of thiocarbonyl (C=S) groups is 1. The lowest BCUT2D eigenvalue weighted by molar-refractivity contribution is 0.0951. The molecule has 1 aliphatic heterocycles. The molecule has 2 heterocycles. The number of likely N-dealkylation sites (N-methyl/N-ethyl adjacent to an activating group) is 1. The summed E-state index contributed by atoms with van der Waals surface area (Å²) in [7, 11) is 2.14. The summed E-state index contributed by atoms with van der Waals surface area (Å²) in [6, 6.07) is 18.6. The van der Waals surface area contributed by atoms with Crippen LogP contribution in [0.25, 0.3) is 11.3 Å². The third-order valence-electron chi connectivity index (χ3n) is 5.16. The average Bonchev–Trinajstić information content (AvgIpc) is 3.25. The predicted molar refractivity (Wildman–Crippen MR) is 129 cm³/mol. The summed E-state index contributed by atoms with van der Waals surface area (Å²) in [6.45, 7) is 4.14. The average molecular weight is 455 g/mol. The fourth-order valence-corrected chi connectivity index (χ4v) is 3.80. The summed E-state index contributed by atoms with van der Waals surface area (Å²) in [6.07, 6.45) is 0. The van der Waals surface area contributed by atoms with Gasteiger partial charge in [-0.25, -0.2) is 0 Å². The molecule has 1 fully saturated rings. The third kappa shape index (κ3) is 5.44. The third-order valence-corrected chi connectivity index (χ3v) is 5.60. The van der Waals surface area contributed by atoms with E-state index in [1.807, 2.05) is 24.3 Å². The van der Waals surface area contributed by atoms with Gasteiger partial charge in [0.25, 0.3) is 5.91 Å². The molecular weight excluding hydrogens is 432 g/mol. The summed E-state index contributed by atoms with van der Waals surface area (Å²) in [5.74, 6) is 0.315. The van der Waals surface area contributed by atoms with Gasteiger partial charge < -0.3 is 19.5 Å². The smallest absolute Gasteiger partial charge is 0.293 e. The van der Waals surface area contributed by atoms with Crippen molar-refractivity contribution >= 4 is 46.2 Å². The van der Waals surface area contributed by atoms with E-state index in [1.165, 1.54) is 5.69 Å². The zero-order chi connectivity index (χ0) is 21.8. The number of anilines is 2.